The van der Waals surface area contributed by atoms with Gasteiger partial charge in [0, 0.05) is 13.0 Å². The van der Waals surface area contributed by atoms with Crippen LogP contribution in [0.3, 0.4) is 0 Å². The number of carbonyl (C=O) groups is 4. The molecule has 2 aromatic carbocycles. The predicted molar refractivity (Wildman–Crippen MR) is 149 cm³/mol. The van der Waals surface area contributed by atoms with Gasteiger partial charge < -0.3 is 25.4 Å². The Morgan fingerprint density at radius 1 is 0.821 bits per heavy atom. The van der Waals surface area contributed by atoms with Crippen molar-refractivity contribution in [3.63, 3.8) is 0 Å². The van der Waals surface area contributed by atoms with E-state index in [0.29, 0.717) is 25.8 Å². The van der Waals surface area contributed by atoms with Crippen LogP contribution in [-0.4, -0.2) is 54.0 Å². The Hall–Kier alpha value is -3.59. The molecule has 0 aliphatic heterocycles. The number of benzene rings is 2. The standard InChI is InChI=1S/C29H38ClN3O6/c1-29(2,3)39-28(37)33-24(18-21-12-6-4-7-13-21)26(35)32-23(25(34)19-30)16-10-11-17-31-27(36)38-20-22-14-8-5-9-15-22/h4-9,12-15,23-24H,10-11,16-20H2,1-3H3,(H,31,36)(H,32,35)(H,33,37)/t23-,24-/m0/s1. The molecule has 0 saturated heterocycles. The molecule has 3 amide bonds. The maximum atomic E-state index is 13.2. The third-order valence-electron chi connectivity index (χ3n) is 5.53. The van der Waals surface area contributed by atoms with Crippen molar-refractivity contribution in [2.45, 2.75) is 70.7 Å². The molecule has 39 heavy (non-hydrogen) atoms. The van der Waals surface area contributed by atoms with Gasteiger partial charge in [0.15, 0.2) is 5.78 Å². The van der Waals surface area contributed by atoms with E-state index in [4.69, 9.17) is 21.1 Å². The quantitative estimate of drug-likeness (QED) is 0.231. The summed E-state index contributed by atoms with van der Waals surface area (Å²) in [5, 5.41) is 8.03. The molecule has 0 aliphatic carbocycles. The topological polar surface area (TPSA) is 123 Å². The van der Waals surface area contributed by atoms with Crippen LogP contribution in [0.5, 0.6) is 0 Å². The minimum Gasteiger partial charge on any atom is -0.445 e. The number of hydrogen-bond donors (Lipinski definition) is 3. The van der Waals surface area contributed by atoms with Crippen molar-refractivity contribution < 1.29 is 28.7 Å². The third-order valence-corrected chi connectivity index (χ3v) is 5.79. The van der Waals surface area contributed by atoms with E-state index in [1.54, 1.807) is 20.8 Å². The Balaban J connectivity index is 1.88. The Labute approximate surface area is 235 Å². The second kappa shape index (κ2) is 16.4. The highest BCUT2D eigenvalue weighted by Gasteiger charge is 2.28. The van der Waals surface area contributed by atoms with E-state index in [2.05, 4.69) is 16.0 Å². The van der Waals surface area contributed by atoms with E-state index < -0.39 is 35.8 Å². The van der Waals surface area contributed by atoms with Gasteiger partial charge in [0.2, 0.25) is 5.91 Å². The number of carbonyl (C=O) groups excluding carboxylic acids is 4. The maximum absolute atomic E-state index is 13.2. The van der Waals surface area contributed by atoms with Crippen LogP contribution < -0.4 is 16.0 Å². The molecule has 2 atom stereocenters. The smallest absolute Gasteiger partial charge is 0.408 e. The van der Waals surface area contributed by atoms with Gasteiger partial charge in [-0.2, -0.15) is 0 Å². The number of ether oxygens (including phenoxy) is 2. The van der Waals surface area contributed by atoms with Crippen molar-refractivity contribution in [2.75, 3.05) is 12.4 Å². The van der Waals surface area contributed by atoms with Crippen molar-refractivity contribution in [3.05, 3.63) is 71.8 Å². The van der Waals surface area contributed by atoms with Gasteiger partial charge >= 0.3 is 12.2 Å². The van der Waals surface area contributed by atoms with Crippen LogP contribution in [0.4, 0.5) is 9.59 Å². The molecule has 0 unspecified atom stereocenters. The zero-order valence-corrected chi connectivity index (χ0v) is 23.5. The van der Waals surface area contributed by atoms with Crippen molar-refractivity contribution in [3.8, 4) is 0 Å². The summed E-state index contributed by atoms with van der Waals surface area (Å²) in [6, 6.07) is 16.8. The molecular weight excluding hydrogens is 522 g/mol. The summed E-state index contributed by atoms with van der Waals surface area (Å²) in [4.78, 5) is 50.0. The molecule has 0 fully saturated rings. The maximum Gasteiger partial charge on any atom is 0.408 e. The lowest BCUT2D eigenvalue weighted by molar-refractivity contribution is -0.128. The van der Waals surface area contributed by atoms with Gasteiger partial charge in [0.25, 0.3) is 0 Å². The molecule has 0 aromatic heterocycles. The largest absolute Gasteiger partial charge is 0.445 e. The van der Waals surface area contributed by atoms with Gasteiger partial charge in [-0.15, -0.1) is 11.6 Å². The van der Waals surface area contributed by atoms with E-state index in [9.17, 15) is 19.2 Å². The minimum absolute atomic E-state index is 0.173. The molecule has 0 aliphatic rings. The average molecular weight is 560 g/mol. The lowest BCUT2D eigenvalue weighted by atomic mass is 10.0. The number of alkyl halides is 1. The SMILES string of the molecule is CC(C)(C)OC(=O)N[C@@H](Cc1ccccc1)C(=O)N[C@@H](CCCCNC(=O)OCc1ccccc1)C(=O)CCl. The van der Waals surface area contributed by atoms with E-state index >= 15 is 0 Å². The van der Waals surface area contributed by atoms with Crippen LogP contribution in [0.15, 0.2) is 60.7 Å². The lowest BCUT2D eigenvalue weighted by Gasteiger charge is -2.25. The second-order valence-electron chi connectivity index (χ2n) is 10.0. The summed E-state index contributed by atoms with van der Waals surface area (Å²) in [6.07, 6.45) is 0.369. The number of nitrogens with one attached hydrogen (secondary N) is 3. The zero-order chi connectivity index (χ0) is 28.7. The van der Waals surface area contributed by atoms with E-state index in [0.717, 1.165) is 11.1 Å². The molecular formula is C29H38ClN3O6. The molecule has 0 saturated carbocycles. The van der Waals surface area contributed by atoms with Crippen LogP contribution in [0.1, 0.15) is 51.2 Å². The monoisotopic (exact) mass is 559 g/mol. The first kappa shape index (κ1) is 31.6. The number of Topliss-reactive ketones (excluding diaryl/α,β-unsaturated/α-hetero) is 1. The number of hydrogen-bond acceptors (Lipinski definition) is 6. The molecule has 10 heteroatoms. The molecule has 2 aromatic rings. The fraction of sp³-hybridized carbons (Fsp3) is 0.448. The van der Waals surface area contributed by atoms with Crippen LogP contribution in [0, 0.1) is 0 Å². The summed E-state index contributed by atoms with van der Waals surface area (Å²) in [5.74, 6) is -1.12. The average Bonchev–Trinajstić information content (AvgIpc) is 2.90. The third kappa shape index (κ3) is 13.2. The first-order valence-corrected chi connectivity index (χ1v) is 13.5. The summed E-state index contributed by atoms with van der Waals surface area (Å²) < 4.78 is 10.5. The highest BCUT2D eigenvalue weighted by atomic mass is 35.5. The summed E-state index contributed by atoms with van der Waals surface area (Å²) in [6.45, 7) is 5.70. The fourth-order valence-corrected chi connectivity index (χ4v) is 3.81. The molecule has 3 N–H and O–H groups in total. The van der Waals surface area contributed by atoms with Gasteiger partial charge in [-0.1, -0.05) is 60.7 Å². The van der Waals surface area contributed by atoms with Crippen molar-refractivity contribution in [1.82, 2.24) is 16.0 Å². The van der Waals surface area contributed by atoms with Gasteiger partial charge in [-0.3, -0.25) is 9.59 Å². The number of rotatable bonds is 14. The summed E-state index contributed by atoms with van der Waals surface area (Å²) >= 11 is 5.80. The molecule has 0 radical (unpaired) electrons. The van der Waals surface area contributed by atoms with Gasteiger partial charge in [-0.25, -0.2) is 9.59 Å². The first-order valence-electron chi connectivity index (χ1n) is 12.9. The summed E-state index contributed by atoms with van der Waals surface area (Å²) in [5.41, 5.74) is 0.980. The first-order chi connectivity index (χ1) is 18.6. The van der Waals surface area contributed by atoms with E-state index in [1.807, 2.05) is 60.7 Å². The van der Waals surface area contributed by atoms with Crippen molar-refractivity contribution in [1.29, 1.82) is 0 Å². The minimum atomic E-state index is -0.964. The van der Waals surface area contributed by atoms with Crippen LogP contribution in [-0.2, 0) is 32.1 Å². The number of unbranched alkanes of at least 4 members (excludes halogenated alkanes) is 1. The van der Waals surface area contributed by atoms with Gasteiger partial charge in [-0.05, 0) is 51.2 Å². The molecule has 9 nitrogen and oxygen atoms in total. The normalized spacial score (nSPS) is 12.5. The molecule has 2 rings (SSSR count). The zero-order valence-electron chi connectivity index (χ0n) is 22.7. The highest BCUT2D eigenvalue weighted by Crippen LogP contribution is 2.10. The number of amides is 3. The summed E-state index contributed by atoms with van der Waals surface area (Å²) in [7, 11) is 0. The van der Waals surface area contributed by atoms with Crippen LogP contribution in [0.2, 0.25) is 0 Å². The molecule has 0 spiro atoms. The van der Waals surface area contributed by atoms with E-state index in [1.165, 1.54) is 0 Å². The number of halogens is 1. The molecule has 0 heterocycles. The fourth-order valence-electron chi connectivity index (χ4n) is 3.63. The Kier molecular flexibility index (Phi) is 13.3. The highest BCUT2D eigenvalue weighted by molar-refractivity contribution is 6.28. The van der Waals surface area contributed by atoms with Crippen molar-refractivity contribution >= 4 is 35.5 Å². The van der Waals surface area contributed by atoms with E-state index in [-0.39, 0.29) is 24.7 Å². The second-order valence-corrected chi connectivity index (χ2v) is 10.3. The number of alkyl carbamates (subject to hydrolysis) is 2. The van der Waals surface area contributed by atoms with Gasteiger partial charge in [0.05, 0.1) is 11.9 Å². The lowest BCUT2D eigenvalue weighted by Crippen LogP contribution is -2.53. The Morgan fingerprint density at radius 2 is 1.44 bits per heavy atom. The van der Waals surface area contributed by atoms with Crippen molar-refractivity contribution in [2.24, 2.45) is 0 Å². The predicted octanol–water partition coefficient (Wildman–Crippen LogP) is 4.51. The molecule has 212 valence electrons. The Bertz CT molecular complexity index is 1060. The Morgan fingerprint density at radius 3 is 2.03 bits per heavy atom. The molecule has 0 bridgehead atoms. The van der Waals surface area contributed by atoms with Crippen LogP contribution in [0.25, 0.3) is 0 Å². The number of ketones is 1. The van der Waals surface area contributed by atoms with Gasteiger partial charge in [0.1, 0.15) is 18.2 Å². The van der Waals surface area contributed by atoms with Crippen LogP contribution >= 0.6 is 11.6 Å².